The Morgan fingerprint density at radius 1 is 1.79 bits per heavy atom. The smallest absolute Gasteiger partial charge is 0.358 e. The molecule has 0 bridgehead atoms. The number of hydrogen-bond acceptors (Lipinski definition) is 4. The molecule has 6 nitrogen and oxygen atoms in total. The van der Waals surface area contributed by atoms with Crippen LogP contribution < -0.4 is 0 Å². The van der Waals surface area contributed by atoms with E-state index in [1.54, 1.807) is 6.92 Å². The molecule has 1 unspecified atom stereocenters. The van der Waals surface area contributed by atoms with Gasteiger partial charge in [-0.2, -0.15) is 4.68 Å². The molecule has 0 fully saturated rings. The number of nitrogens with zero attached hydrogens (tertiary/aromatic N) is 3. The van der Waals surface area contributed by atoms with Gasteiger partial charge in [-0.3, -0.25) is 4.79 Å². The first-order valence-corrected chi connectivity index (χ1v) is 4.20. The van der Waals surface area contributed by atoms with Crippen molar-refractivity contribution in [3.8, 4) is 0 Å². The summed E-state index contributed by atoms with van der Waals surface area (Å²) in [6.07, 6.45) is 1.27. The minimum absolute atomic E-state index is 0.0666. The second kappa shape index (κ2) is 3.75. The van der Waals surface area contributed by atoms with E-state index in [9.17, 15) is 14.9 Å². The second-order valence-electron chi connectivity index (χ2n) is 2.82. The van der Waals surface area contributed by atoms with Crippen molar-refractivity contribution in [3.63, 3.8) is 0 Å². The molecule has 0 N–H and O–H groups in total. The van der Waals surface area contributed by atoms with Gasteiger partial charge in [0.2, 0.25) is 0 Å². The highest BCUT2D eigenvalue weighted by Crippen LogP contribution is 2.23. The van der Waals surface area contributed by atoms with Crippen molar-refractivity contribution < 1.29 is 9.72 Å². The summed E-state index contributed by atoms with van der Waals surface area (Å²) in [6.45, 7) is 2.97. The summed E-state index contributed by atoms with van der Waals surface area (Å²) in [5.41, 5.74) is 0. The summed E-state index contributed by atoms with van der Waals surface area (Å²) in [5, 5.41) is 13.9. The van der Waals surface area contributed by atoms with Gasteiger partial charge in [0.25, 0.3) is 0 Å². The second-order valence-corrected chi connectivity index (χ2v) is 3.23. The summed E-state index contributed by atoms with van der Waals surface area (Å²) < 4.78 is 1.18. The maximum atomic E-state index is 11.0. The molecule has 1 aromatic heterocycles. The number of nitro groups is 1. The predicted octanol–water partition coefficient (Wildman–Crippen LogP) is 1.59. The van der Waals surface area contributed by atoms with Crippen LogP contribution in [0.2, 0.25) is 5.02 Å². The maximum absolute atomic E-state index is 11.0. The highest BCUT2D eigenvalue weighted by atomic mass is 35.5. The number of carbonyl (C=O) groups excluding carboxylic acids is 1. The fourth-order valence-electron chi connectivity index (χ4n) is 0.868. The molecule has 0 aliphatic heterocycles. The van der Waals surface area contributed by atoms with Gasteiger partial charge in [0, 0.05) is 0 Å². The zero-order valence-electron chi connectivity index (χ0n) is 7.60. The monoisotopic (exact) mass is 217 g/mol. The van der Waals surface area contributed by atoms with E-state index < -0.39 is 16.8 Å². The molecule has 0 saturated heterocycles. The summed E-state index contributed by atoms with van der Waals surface area (Å²) in [6, 6.07) is -0.541. The van der Waals surface area contributed by atoms with Gasteiger partial charge < -0.3 is 10.1 Å². The summed E-state index contributed by atoms with van der Waals surface area (Å²) >= 11 is 5.55. The average molecular weight is 218 g/mol. The van der Waals surface area contributed by atoms with Gasteiger partial charge in [-0.25, -0.2) is 0 Å². The zero-order valence-corrected chi connectivity index (χ0v) is 8.35. The van der Waals surface area contributed by atoms with E-state index in [0.29, 0.717) is 0 Å². The van der Waals surface area contributed by atoms with Crippen molar-refractivity contribution >= 4 is 23.2 Å². The largest absolute Gasteiger partial charge is 0.408 e. The molecule has 7 heteroatoms. The standard InChI is InChI=1S/C7H8ClN3O3/c1-4(5(2)12)10-3-6(8)7(9-10)11(13)14/h3-4H,1-2H3. The van der Waals surface area contributed by atoms with E-state index in [4.69, 9.17) is 11.6 Å². The number of hydrogen-bond donors (Lipinski definition) is 0. The number of Topliss-reactive ketones (excluding diaryl/α,β-unsaturated/α-hetero) is 1. The van der Waals surface area contributed by atoms with Crippen LogP contribution in [-0.2, 0) is 4.79 Å². The van der Waals surface area contributed by atoms with Crippen LogP contribution in [0.3, 0.4) is 0 Å². The Labute approximate surface area is 84.6 Å². The first-order chi connectivity index (χ1) is 6.43. The van der Waals surface area contributed by atoms with E-state index >= 15 is 0 Å². The normalized spacial score (nSPS) is 12.5. The summed E-state index contributed by atoms with van der Waals surface area (Å²) in [7, 11) is 0. The Morgan fingerprint density at radius 3 is 2.71 bits per heavy atom. The van der Waals surface area contributed by atoms with E-state index in [-0.39, 0.29) is 10.8 Å². The number of halogens is 1. The molecular formula is C7H8ClN3O3. The summed E-state index contributed by atoms with van der Waals surface area (Å²) in [4.78, 5) is 20.7. The zero-order chi connectivity index (χ0) is 10.9. The lowest BCUT2D eigenvalue weighted by Crippen LogP contribution is -2.13. The highest BCUT2D eigenvalue weighted by Gasteiger charge is 2.23. The van der Waals surface area contributed by atoms with Crippen LogP contribution in [0, 0.1) is 10.1 Å². The fourth-order valence-corrected chi connectivity index (χ4v) is 1.08. The van der Waals surface area contributed by atoms with Crippen LogP contribution in [0.1, 0.15) is 19.9 Å². The predicted molar refractivity (Wildman–Crippen MR) is 49.3 cm³/mol. The van der Waals surface area contributed by atoms with E-state index in [2.05, 4.69) is 5.10 Å². The van der Waals surface area contributed by atoms with E-state index in [1.807, 2.05) is 0 Å². The lowest BCUT2D eigenvalue weighted by molar-refractivity contribution is -0.389. The molecule has 0 amide bonds. The molecule has 0 aliphatic rings. The molecule has 1 aromatic rings. The van der Waals surface area contributed by atoms with E-state index in [0.717, 1.165) is 0 Å². The quantitative estimate of drug-likeness (QED) is 0.569. The van der Waals surface area contributed by atoms with Gasteiger partial charge >= 0.3 is 5.82 Å². The fraction of sp³-hybridized carbons (Fsp3) is 0.429. The first-order valence-electron chi connectivity index (χ1n) is 3.83. The average Bonchev–Trinajstić information content (AvgIpc) is 2.45. The lowest BCUT2D eigenvalue weighted by Gasteiger charge is -2.01. The Morgan fingerprint density at radius 2 is 2.36 bits per heavy atom. The maximum Gasteiger partial charge on any atom is 0.408 e. The number of rotatable bonds is 3. The molecule has 0 radical (unpaired) electrons. The van der Waals surface area contributed by atoms with Crippen molar-refractivity contribution in [1.82, 2.24) is 9.78 Å². The van der Waals surface area contributed by atoms with Gasteiger partial charge in [-0.1, -0.05) is 11.6 Å². The minimum Gasteiger partial charge on any atom is -0.358 e. The number of ketones is 1. The van der Waals surface area contributed by atoms with Crippen LogP contribution in [0.25, 0.3) is 0 Å². The molecule has 0 aliphatic carbocycles. The molecule has 1 atom stereocenters. The van der Waals surface area contributed by atoms with Gasteiger partial charge in [0.05, 0.1) is 11.3 Å². The van der Waals surface area contributed by atoms with Crippen LogP contribution in [-0.4, -0.2) is 20.5 Å². The minimum atomic E-state index is -0.689. The SMILES string of the molecule is CC(=O)C(C)n1cc(Cl)c([N+](=O)[O-])n1. The molecule has 0 aromatic carbocycles. The molecule has 1 rings (SSSR count). The van der Waals surface area contributed by atoms with Crippen molar-refractivity contribution in [3.05, 3.63) is 21.3 Å². The topological polar surface area (TPSA) is 78.0 Å². The molecular weight excluding hydrogens is 210 g/mol. The molecule has 76 valence electrons. The molecule has 0 saturated carbocycles. The lowest BCUT2D eigenvalue weighted by atomic mass is 10.2. The van der Waals surface area contributed by atoms with Crippen LogP contribution in [0.15, 0.2) is 6.20 Å². The van der Waals surface area contributed by atoms with Gasteiger partial charge in [0.1, 0.15) is 6.04 Å². The highest BCUT2D eigenvalue weighted by molar-refractivity contribution is 6.32. The van der Waals surface area contributed by atoms with Gasteiger partial charge in [0.15, 0.2) is 10.8 Å². The third kappa shape index (κ3) is 1.90. The van der Waals surface area contributed by atoms with Crippen LogP contribution in [0.4, 0.5) is 5.82 Å². The van der Waals surface area contributed by atoms with Crippen molar-refractivity contribution in [1.29, 1.82) is 0 Å². The van der Waals surface area contributed by atoms with Gasteiger partial charge in [-0.15, -0.1) is 0 Å². The Balaban J connectivity index is 3.08. The number of aromatic nitrogens is 2. The molecule has 0 spiro atoms. The molecule has 14 heavy (non-hydrogen) atoms. The van der Waals surface area contributed by atoms with Crippen molar-refractivity contribution in [2.75, 3.05) is 0 Å². The summed E-state index contributed by atoms with van der Waals surface area (Å²) in [5.74, 6) is -0.571. The van der Waals surface area contributed by atoms with E-state index in [1.165, 1.54) is 17.8 Å². The third-order valence-electron chi connectivity index (χ3n) is 1.83. The van der Waals surface area contributed by atoms with Crippen molar-refractivity contribution in [2.45, 2.75) is 19.9 Å². The van der Waals surface area contributed by atoms with Crippen molar-refractivity contribution in [2.24, 2.45) is 0 Å². The van der Waals surface area contributed by atoms with Gasteiger partial charge in [-0.05, 0) is 18.8 Å². The third-order valence-corrected chi connectivity index (χ3v) is 2.09. The van der Waals surface area contributed by atoms with Crippen LogP contribution in [0.5, 0.6) is 0 Å². The Hall–Kier alpha value is -1.43. The first kappa shape index (κ1) is 10.6. The number of carbonyl (C=O) groups is 1. The van der Waals surface area contributed by atoms with Crippen LogP contribution >= 0.6 is 11.6 Å². The molecule has 1 heterocycles. The Bertz CT molecular complexity index is 388. The Kier molecular flexibility index (Phi) is 2.85.